The molecule has 2 fully saturated rings. The van der Waals surface area contributed by atoms with Gasteiger partial charge in [0, 0.05) is 68.3 Å². The van der Waals surface area contributed by atoms with Crippen LogP contribution in [0.4, 0.5) is 0 Å². The average molecular weight is 1460 g/mol. The van der Waals surface area contributed by atoms with E-state index >= 15 is 0 Å². The highest BCUT2D eigenvalue weighted by Crippen LogP contribution is 2.39. The van der Waals surface area contributed by atoms with E-state index in [0.29, 0.717) is 75.5 Å². The lowest BCUT2D eigenvalue weighted by atomic mass is 10.0. The van der Waals surface area contributed by atoms with Crippen LogP contribution in [0.1, 0.15) is 158 Å². The molecule has 0 radical (unpaired) electrons. The topological polar surface area (TPSA) is 213 Å². The molecule has 0 bridgehead atoms. The van der Waals surface area contributed by atoms with Crippen molar-refractivity contribution in [3.8, 4) is 11.5 Å². The number of rotatable bonds is 46. The van der Waals surface area contributed by atoms with Gasteiger partial charge in [0.25, 0.3) is 0 Å². The molecule has 0 amide bonds. The van der Waals surface area contributed by atoms with Crippen LogP contribution in [-0.2, 0) is 70.7 Å². The monoisotopic (exact) mass is 1460 g/mol. The molecule has 19 nitrogen and oxygen atoms in total. The van der Waals surface area contributed by atoms with Gasteiger partial charge in [0.15, 0.2) is 20.9 Å². The third kappa shape index (κ3) is 35.9. The Morgan fingerprint density at radius 3 is 1.40 bits per heavy atom. The first-order valence-electron chi connectivity index (χ1n) is 35.9. The minimum absolute atomic E-state index is 0.0145. The van der Waals surface area contributed by atoms with Crippen molar-refractivity contribution in [1.82, 2.24) is 0 Å². The van der Waals surface area contributed by atoms with Crippen LogP contribution in [-0.4, -0.2) is 174 Å². The number of phenols is 2. The molecule has 2 heterocycles. The molecular formula is C81H124O19Si2. The quantitative estimate of drug-likeness (QED) is 0.0207. The molecule has 2 N–H and O–H groups in total. The molecule has 570 valence electrons. The van der Waals surface area contributed by atoms with Gasteiger partial charge in [0.2, 0.25) is 0 Å². The standard InChI is InChI=1S/C81H124O19Si2/c1-59(33-25-21-19-23-27-35-65-37-29-43-75(82)77(65)79(84)90-45-46-101(14,15)16)47-71-53-69(95-63(5)97-71)41-31-39-67(93-57-88-12)51-73(49-61(3)91-55-86-10)99-80(85)78-66(38-30-44-76(78)83)36-28-24-20-22-26-34-60(2)48-72-54-70(96-64(6)98-72)42-32-40-68(94-58-89-13)52-74(50-62(4)92-56-87-11)100-102(17,18)81(7,8)9/h19-38,41-44,61-64,67-74,82-83H,39-40,45-58H2,1-18H3/b23-19+,24-20+,25-21+,26-22+,35-27+,36-28+,41-31+,42-32+,59-33+,60-34+/t61-,62-,63-,64-,67+,68+,69-,70-,71+,72+,73+,74+/m1/s1. The average Bonchev–Trinajstić information content (AvgIpc) is 0.842. The van der Waals surface area contributed by atoms with Gasteiger partial charge in [-0.05, 0) is 128 Å². The zero-order valence-electron chi connectivity index (χ0n) is 64.4. The van der Waals surface area contributed by atoms with E-state index in [4.69, 9.17) is 70.7 Å². The fraction of sp³-hybridized carbons (Fsp3) is 0.580. The van der Waals surface area contributed by atoms with Crippen molar-refractivity contribution < 1.29 is 90.5 Å². The second kappa shape index (κ2) is 47.7. The minimum Gasteiger partial charge on any atom is -0.507 e. The van der Waals surface area contributed by atoms with E-state index in [1.807, 2.05) is 93.7 Å². The Morgan fingerprint density at radius 2 is 0.961 bits per heavy atom. The van der Waals surface area contributed by atoms with Crippen molar-refractivity contribution in [2.45, 2.75) is 244 Å². The first kappa shape index (κ1) is 88.7. The maximum absolute atomic E-state index is 14.2. The van der Waals surface area contributed by atoms with E-state index in [9.17, 15) is 19.8 Å². The number of carbonyl (C=O) groups is 2. The third-order valence-electron chi connectivity index (χ3n) is 17.5. The van der Waals surface area contributed by atoms with Crippen molar-refractivity contribution >= 4 is 40.5 Å². The van der Waals surface area contributed by atoms with E-state index in [2.05, 4.69) is 98.6 Å². The number of carbonyl (C=O) groups excluding carboxylic acids is 2. The van der Waals surface area contributed by atoms with E-state index in [1.165, 1.54) is 12.1 Å². The van der Waals surface area contributed by atoms with Crippen molar-refractivity contribution in [1.29, 1.82) is 0 Å². The fourth-order valence-electron chi connectivity index (χ4n) is 11.3. The Morgan fingerprint density at radius 1 is 0.549 bits per heavy atom. The van der Waals surface area contributed by atoms with Crippen LogP contribution in [0, 0.1) is 0 Å². The summed E-state index contributed by atoms with van der Waals surface area (Å²) in [4.78, 5) is 27.1. The predicted molar refractivity (Wildman–Crippen MR) is 409 cm³/mol. The Kier molecular flexibility index (Phi) is 41.5. The predicted octanol–water partition coefficient (Wildman–Crippen LogP) is 17.6. The molecule has 2 aromatic rings. The van der Waals surface area contributed by atoms with E-state index in [-0.39, 0.29) is 110 Å². The molecule has 2 aliphatic heterocycles. The Bertz CT molecular complexity index is 3080. The maximum Gasteiger partial charge on any atom is 0.342 e. The summed E-state index contributed by atoms with van der Waals surface area (Å²) in [6, 6.07) is 10.7. The Balaban J connectivity index is 1.35. The number of benzene rings is 2. The number of aromatic hydroxyl groups is 2. The van der Waals surface area contributed by atoms with Crippen molar-refractivity contribution in [3.63, 3.8) is 0 Å². The van der Waals surface area contributed by atoms with Crippen LogP contribution >= 0.6 is 0 Å². The summed E-state index contributed by atoms with van der Waals surface area (Å²) in [5.41, 5.74) is 3.53. The number of hydrogen-bond donors (Lipinski definition) is 2. The lowest BCUT2D eigenvalue weighted by molar-refractivity contribution is -0.222. The van der Waals surface area contributed by atoms with Crippen LogP contribution < -0.4 is 0 Å². The van der Waals surface area contributed by atoms with E-state index in [1.54, 1.807) is 64.9 Å². The van der Waals surface area contributed by atoms with Crippen LogP contribution in [0.3, 0.4) is 0 Å². The number of ether oxygens (including phenoxy) is 14. The normalized spacial score (nSPS) is 21.2. The molecule has 21 heteroatoms. The molecule has 0 spiro atoms. The van der Waals surface area contributed by atoms with E-state index in [0.717, 1.165) is 23.6 Å². The zero-order chi connectivity index (χ0) is 75.1. The first-order chi connectivity index (χ1) is 48.5. The lowest BCUT2D eigenvalue weighted by Crippen LogP contribution is -2.45. The van der Waals surface area contributed by atoms with Gasteiger partial charge in [-0.25, -0.2) is 9.59 Å². The van der Waals surface area contributed by atoms with Crippen LogP contribution in [0.15, 0.2) is 145 Å². The lowest BCUT2D eigenvalue weighted by Gasteiger charge is -2.40. The SMILES string of the molecule is COCO[C@@H](C/C=C/[C@@H]1C[C@H](C/C(C)=C/C=C/C=C/C=C/c2cccc(O)c2C(=O)OCC[Si](C)(C)C)O[C@H](C)O1)C[C@H](C[C@@H](C)OCOC)OC(=O)c1c(O)cccc1/C=C/C=C/C=C/C=C(\C)C[C@H]1C[C@@H](/C=C/C[C@@H](C[C@H](C[C@@H](C)OCOC)O[Si](C)(C)C(C)(C)C)OCOC)O[C@@H](C)O1. The molecule has 0 saturated carbocycles. The molecule has 12 atom stereocenters. The van der Waals surface area contributed by atoms with Gasteiger partial charge in [-0.15, -0.1) is 0 Å². The summed E-state index contributed by atoms with van der Waals surface area (Å²) in [6.45, 7) is 30.7. The molecule has 2 saturated heterocycles. The second-order valence-corrected chi connectivity index (χ2v) is 39.4. The molecule has 0 aromatic heterocycles. The van der Waals surface area contributed by atoms with Gasteiger partial charge in [-0.3, -0.25) is 0 Å². The Hall–Kier alpha value is -5.71. The van der Waals surface area contributed by atoms with Gasteiger partial charge in [0.1, 0.15) is 55.9 Å². The third-order valence-corrected chi connectivity index (χ3v) is 23.7. The zero-order valence-corrected chi connectivity index (χ0v) is 66.4. The number of hydrogen-bond acceptors (Lipinski definition) is 19. The number of methoxy groups -OCH3 is 4. The number of esters is 2. The van der Waals surface area contributed by atoms with Gasteiger partial charge in [0.05, 0.1) is 55.4 Å². The molecular weight excluding hydrogens is 1330 g/mol. The summed E-state index contributed by atoms with van der Waals surface area (Å²) in [5, 5.41) is 21.7. The van der Waals surface area contributed by atoms with Crippen molar-refractivity contribution in [2.75, 3.05) is 62.2 Å². The largest absolute Gasteiger partial charge is 0.507 e. The molecule has 2 aromatic carbocycles. The highest BCUT2D eigenvalue weighted by atomic mass is 28.4. The van der Waals surface area contributed by atoms with Crippen LogP contribution in [0.2, 0.25) is 43.8 Å². The second-order valence-electron chi connectivity index (χ2n) is 29.0. The summed E-state index contributed by atoms with van der Waals surface area (Å²) in [7, 11) is 2.87. The molecule has 102 heavy (non-hydrogen) atoms. The van der Waals surface area contributed by atoms with Crippen LogP contribution in [0.25, 0.3) is 12.2 Å². The number of phenolic OH excluding ortho intramolecular Hbond substituents is 2. The first-order valence-corrected chi connectivity index (χ1v) is 42.6. The van der Waals surface area contributed by atoms with Gasteiger partial charge in [-0.1, -0.05) is 185 Å². The van der Waals surface area contributed by atoms with Gasteiger partial charge in [-0.2, -0.15) is 0 Å². The highest BCUT2D eigenvalue weighted by molar-refractivity contribution is 6.76. The van der Waals surface area contributed by atoms with E-state index < -0.39 is 46.8 Å². The maximum atomic E-state index is 14.2. The Labute approximate surface area is 612 Å². The summed E-state index contributed by atoms with van der Waals surface area (Å²) in [6.07, 6.45) is 37.8. The summed E-state index contributed by atoms with van der Waals surface area (Å²) >= 11 is 0. The summed E-state index contributed by atoms with van der Waals surface area (Å²) in [5.74, 6) is -1.54. The summed E-state index contributed by atoms with van der Waals surface area (Å²) < 4.78 is 88.9. The van der Waals surface area contributed by atoms with Crippen molar-refractivity contribution in [2.24, 2.45) is 0 Å². The van der Waals surface area contributed by atoms with Gasteiger partial charge < -0.3 is 81.0 Å². The minimum atomic E-state index is -2.10. The fourth-order valence-corrected chi connectivity index (χ4v) is 13.4. The molecule has 0 unspecified atom stereocenters. The smallest absolute Gasteiger partial charge is 0.342 e. The molecule has 0 aliphatic carbocycles. The number of allylic oxidation sites excluding steroid dienone is 12. The molecule has 2 aliphatic rings. The van der Waals surface area contributed by atoms with Gasteiger partial charge >= 0.3 is 11.9 Å². The highest BCUT2D eigenvalue weighted by Gasteiger charge is 2.40. The molecule has 4 rings (SSSR count). The van der Waals surface area contributed by atoms with Crippen LogP contribution in [0.5, 0.6) is 11.5 Å². The van der Waals surface area contributed by atoms with Crippen molar-refractivity contribution in [3.05, 3.63) is 167 Å².